The van der Waals surface area contributed by atoms with Crippen molar-refractivity contribution in [1.29, 1.82) is 0 Å². The van der Waals surface area contributed by atoms with Crippen molar-refractivity contribution < 1.29 is 14.3 Å². The zero-order valence-electron chi connectivity index (χ0n) is 14.4. The molecule has 0 saturated heterocycles. The van der Waals surface area contributed by atoms with Crippen molar-refractivity contribution in [3.63, 3.8) is 0 Å². The number of nitrogens with one attached hydrogen (secondary N) is 2. The Kier molecular flexibility index (Phi) is 4.88. The molecule has 3 heterocycles. The summed E-state index contributed by atoms with van der Waals surface area (Å²) in [6.45, 7) is 0.363. The first-order chi connectivity index (χ1) is 13.1. The van der Waals surface area contributed by atoms with Gasteiger partial charge in [-0.25, -0.2) is 4.98 Å². The summed E-state index contributed by atoms with van der Waals surface area (Å²) in [7, 11) is 1.47. The monoisotopic (exact) mass is 400 g/mol. The predicted molar refractivity (Wildman–Crippen MR) is 107 cm³/mol. The lowest BCUT2D eigenvalue weighted by atomic mass is 10.2. The molecule has 27 heavy (non-hydrogen) atoms. The molecule has 138 valence electrons. The Bertz CT molecular complexity index is 1130. The molecule has 0 saturated carbocycles. The topological polar surface area (TPSA) is 84.7 Å². The van der Waals surface area contributed by atoms with Crippen molar-refractivity contribution in [2.24, 2.45) is 0 Å². The van der Waals surface area contributed by atoms with E-state index in [4.69, 9.17) is 4.74 Å². The van der Waals surface area contributed by atoms with Gasteiger partial charge in [0.25, 0.3) is 5.91 Å². The molecule has 4 aromatic rings. The molecule has 3 aromatic heterocycles. The van der Waals surface area contributed by atoms with Crippen LogP contribution in [0.1, 0.15) is 15.2 Å². The van der Waals surface area contributed by atoms with Gasteiger partial charge < -0.3 is 15.4 Å². The molecule has 0 spiro atoms. The maximum absolute atomic E-state index is 12.5. The maximum Gasteiger partial charge on any atom is 0.261 e. The molecule has 9 heteroatoms. The Morgan fingerprint density at radius 3 is 3.04 bits per heavy atom. The third-order valence-corrected chi connectivity index (χ3v) is 5.68. The zero-order valence-corrected chi connectivity index (χ0v) is 16.0. The number of imidazole rings is 1. The average Bonchev–Trinajstić information content (AvgIpc) is 3.32. The lowest BCUT2D eigenvalue weighted by Crippen LogP contribution is -2.22. The van der Waals surface area contributed by atoms with Crippen molar-refractivity contribution in [2.75, 3.05) is 19.0 Å². The number of ether oxygens (including phenoxy) is 1. The van der Waals surface area contributed by atoms with Gasteiger partial charge in [0.2, 0.25) is 5.91 Å². The van der Waals surface area contributed by atoms with Crippen LogP contribution in [0.15, 0.2) is 41.9 Å². The molecule has 0 bridgehead atoms. The van der Waals surface area contributed by atoms with Crippen LogP contribution in [0.4, 0.5) is 5.69 Å². The normalized spacial score (nSPS) is 11.1. The quantitative estimate of drug-likeness (QED) is 0.521. The molecule has 1 aromatic carbocycles. The molecule has 0 aliphatic heterocycles. The summed E-state index contributed by atoms with van der Waals surface area (Å²) in [6, 6.07) is 9.20. The highest BCUT2D eigenvalue weighted by atomic mass is 32.1. The van der Waals surface area contributed by atoms with Gasteiger partial charge >= 0.3 is 0 Å². The van der Waals surface area contributed by atoms with Gasteiger partial charge in [-0.1, -0.05) is 12.1 Å². The first kappa shape index (κ1) is 17.7. The van der Waals surface area contributed by atoms with E-state index < -0.39 is 0 Å². The third kappa shape index (κ3) is 3.70. The number of thiazole rings is 1. The second-order valence-electron chi connectivity index (χ2n) is 5.83. The molecule has 0 radical (unpaired) electrons. The SMILES string of the molecule is COCC(=O)Nc1cccc(CNC(=O)c2cc3c(nc4sccn43)s2)c1. The minimum atomic E-state index is -0.221. The van der Waals surface area contributed by atoms with Crippen LogP contribution in [0.5, 0.6) is 0 Å². The number of carbonyl (C=O) groups is 2. The smallest absolute Gasteiger partial charge is 0.261 e. The molecule has 0 unspecified atom stereocenters. The molecule has 0 fully saturated rings. The molecular formula is C18H16N4O3S2. The van der Waals surface area contributed by atoms with Crippen LogP contribution in [0.25, 0.3) is 15.3 Å². The summed E-state index contributed by atoms with van der Waals surface area (Å²) >= 11 is 2.95. The lowest BCUT2D eigenvalue weighted by molar-refractivity contribution is -0.119. The second-order valence-corrected chi connectivity index (χ2v) is 7.74. The number of carbonyl (C=O) groups excluding carboxylic acids is 2. The van der Waals surface area contributed by atoms with Crippen LogP contribution < -0.4 is 10.6 Å². The Morgan fingerprint density at radius 2 is 2.19 bits per heavy atom. The summed E-state index contributed by atoms with van der Waals surface area (Å²) in [5.74, 6) is -0.364. The highest BCUT2D eigenvalue weighted by Crippen LogP contribution is 2.28. The number of aromatic nitrogens is 2. The minimum Gasteiger partial charge on any atom is -0.375 e. The number of hydrogen-bond acceptors (Lipinski definition) is 6. The van der Waals surface area contributed by atoms with E-state index in [0.717, 1.165) is 20.9 Å². The van der Waals surface area contributed by atoms with Crippen LogP contribution in [0.3, 0.4) is 0 Å². The van der Waals surface area contributed by atoms with Crippen molar-refractivity contribution in [3.8, 4) is 0 Å². The van der Waals surface area contributed by atoms with Crippen LogP contribution in [-0.2, 0) is 16.1 Å². The van der Waals surface area contributed by atoms with Gasteiger partial charge in [0, 0.05) is 30.9 Å². The average molecular weight is 400 g/mol. The van der Waals surface area contributed by atoms with Crippen LogP contribution in [-0.4, -0.2) is 34.9 Å². The molecule has 2 amide bonds. The molecule has 0 aliphatic rings. The molecule has 2 N–H and O–H groups in total. The lowest BCUT2D eigenvalue weighted by Gasteiger charge is -2.08. The number of rotatable bonds is 6. The van der Waals surface area contributed by atoms with Gasteiger partial charge in [0.15, 0.2) is 4.96 Å². The van der Waals surface area contributed by atoms with Crippen molar-refractivity contribution in [2.45, 2.75) is 6.54 Å². The van der Waals surface area contributed by atoms with Crippen LogP contribution in [0, 0.1) is 0 Å². The minimum absolute atomic E-state index is 0.00107. The Hall–Kier alpha value is -2.75. The summed E-state index contributed by atoms with van der Waals surface area (Å²) < 4.78 is 6.79. The van der Waals surface area contributed by atoms with E-state index in [2.05, 4.69) is 15.6 Å². The number of hydrogen-bond donors (Lipinski definition) is 2. The van der Waals surface area contributed by atoms with Gasteiger partial charge in [0.05, 0.1) is 10.4 Å². The van der Waals surface area contributed by atoms with E-state index in [-0.39, 0.29) is 18.4 Å². The third-order valence-electron chi connectivity index (χ3n) is 3.90. The van der Waals surface area contributed by atoms with E-state index in [0.29, 0.717) is 17.1 Å². The van der Waals surface area contributed by atoms with E-state index >= 15 is 0 Å². The standard InChI is InChI=1S/C18H16N4O3S2/c1-25-10-15(23)20-12-4-2-3-11(7-12)9-19-16(24)14-8-13-17(27-14)21-18-22(13)5-6-26-18/h2-8H,9-10H2,1H3,(H,19,24)(H,20,23). The number of amides is 2. The number of thiophene rings is 1. The number of benzene rings is 1. The van der Waals surface area contributed by atoms with Gasteiger partial charge in [-0.15, -0.1) is 22.7 Å². The van der Waals surface area contributed by atoms with E-state index in [9.17, 15) is 9.59 Å². The zero-order chi connectivity index (χ0) is 18.8. The molecule has 7 nitrogen and oxygen atoms in total. The van der Waals surface area contributed by atoms with Crippen LogP contribution >= 0.6 is 22.7 Å². The highest BCUT2D eigenvalue weighted by Gasteiger charge is 2.15. The highest BCUT2D eigenvalue weighted by molar-refractivity contribution is 7.21. The first-order valence-corrected chi connectivity index (χ1v) is 9.84. The first-order valence-electron chi connectivity index (χ1n) is 8.15. The van der Waals surface area contributed by atoms with Crippen LogP contribution in [0.2, 0.25) is 0 Å². The fraction of sp³-hybridized carbons (Fsp3) is 0.167. The number of anilines is 1. The van der Waals surface area contributed by atoms with Crippen molar-refractivity contribution in [1.82, 2.24) is 14.7 Å². The number of fused-ring (bicyclic) bond motifs is 3. The summed E-state index contributed by atoms with van der Waals surface area (Å²) in [6.07, 6.45) is 1.95. The Balaban J connectivity index is 1.43. The summed E-state index contributed by atoms with van der Waals surface area (Å²) in [5, 5.41) is 7.63. The molecule has 4 rings (SSSR count). The number of methoxy groups -OCH3 is 1. The van der Waals surface area contributed by atoms with Crippen molar-refractivity contribution in [3.05, 3.63) is 52.3 Å². The van der Waals surface area contributed by atoms with Gasteiger partial charge in [-0.2, -0.15) is 0 Å². The fourth-order valence-electron chi connectivity index (χ4n) is 2.72. The predicted octanol–water partition coefficient (Wildman–Crippen LogP) is 3.13. The van der Waals surface area contributed by atoms with E-state index in [1.165, 1.54) is 18.4 Å². The Labute approximate surface area is 162 Å². The summed E-state index contributed by atoms with van der Waals surface area (Å²) in [4.78, 5) is 31.0. The van der Waals surface area contributed by atoms with Gasteiger partial charge in [-0.05, 0) is 23.8 Å². The van der Waals surface area contributed by atoms with Gasteiger partial charge in [0.1, 0.15) is 11.4 Å². The number of nitrogens with zero attached hydrogens (tertiary/aromatic N) is 2. The molecule has 0 aliphatic carbocycles. The largest absolute Gasteiger partial charge is 0.375 e. The maximum atomic E-state index is 12.5. The fourth-order valence-corrected chi connectivity index (χ4v) is 4.43. The summed E-state index contributed by atoms with van der Waals surface area (Å²) in [5.41, 5.74) is 2.50. The second kappa shape index (κ2) is 7.47. The Morgan fingerprint density at radius 1 is 1.30 bits per heavy atom. The van der Waals surface area contributed by atoms with E-state index in [1.807, 2.05) is 40.2 Å². The van der Waals surface area contributed by atoms with Gasteiger partial charge in [-0.3, -0.25) is 14.0 Å². The molecular weight excluding hydrogens is 384 g/mol. The van der Waals surface area contributed by atoms with E-state index in [1.54, 1.807) is 17.4 Å². The van der Waals surface area contributed by atoms with Crippen molar-refractivity contribution >= 4 is 55.5 Å². The molecule has 0 atom stereocenters.